The van der Waals surface area contributed by atoms with Crippen molar-refractivity contribution < 1.29 is 0 Å². The zero-order valence-corrected chi connectivity index (χ0v) is 34.6. The minimum absolute atomic E-state index is 0.601. The Hall–Kier alpha value is -8.48. The van der Waals surface area contributed by atoms with Crippen LogP contribution in [0.25, 0.3) is 88.9 Å². The highest BCUT2D eigenvalue weighted by molar-refractivity contribution is 6.17. The first-order valence-electron chi connectivity index (χ1n) is 21.1. The Kier molecular flexibility index (Phi) is 9.44. The molecule has 0 N–H and O–H groups in total. The molecule has 0 amide bonds. The van der Waals surface area contributed by atoms with E-state index in [1.165, 1.54) is 5.39 Å². The molecule has 0 unspecified atom stereocenters. The fourth-order valence-electron chi connectivity index (χ4n) is 8.69. The van der Waals surface area contributed by atoms with E-state index in [0.29, 0.717) is 17.4 Å². The number of hydrogen-bond acceptors (Lipinski definition) is 3. The number of para-hydroxylation sites is 2. The van der Waals surface area contributed by atoms with Gasteiger partial charge in [-0.15, -0.1) is 0 Å². The summed E-state index contributed by atoms with van der Waals surface area (Å²) < 4.78 is 4.53. The van der Waals surface area contributed by atoms with Crippen LogP contribution in [-0.4, -0.2) is 30.8 Å². The molecule has 0 aliphatic rings. The molecule has 3 heterocycles. The van der Waals surface area contributed by atoms with Gasteiger partial charge in [-0.1, -0.05) is 183 Å². The summed E-state index contributed by atoms with van der Waals surface area (Å²) in [6, 6.07) is 73.4. The van der Waals surface area contributed by atoms with Crippen molar-refractivity contribution in [3.8, 4) is 39.6 Å². The number of fused-ring (bicyclic) bond motifs is 6. The number of aromatic nitrogens is 4. The molecule has 0 saturated carbocycles. The molecule has 0 aliphatic carbocycles. The van der Waals surface area contributed by atoms with Gasteiger partial charge in [-0.2, -0.15) is 0 Å². The van der Waals surface area contributed by atoms with Crippen LogP contribution in [0.3, 0.4) is 0 Å². The number of rotatable bonds is 7. The van der Waals surface area contributed by atoms with Crippen LogP contribution in [0.4, 0.5) is 0 Å². The molecule has 3 aromatic heterocycles. The van der Waals surface area contributed by atoms with Crippen LogP contribution in [0.15, 0.2) is 229 Å². The first-order chi connectivity index (χ1) is 31.1. The van der Waals surface area contributed by atoms with E-state index < -0.39 is 0 Å². The number of nitrogens with zero attached hydrogens (tertiary/aromatic N) is 6. The molecule has 0 aliphatic heterocycles. The molecular formula is C57H40N6. The van der Waals surface area contributed by atoms with Gasteiger partial charge in [0.05, 0.1) is 33.5 Å². The molecule has 8 aromatic carbocycles. The molecule has 0 spiro atoms. The lowest BCUT2D eigenvalue weighted by atomic mass is 10.0. The van der Waals surface area contributed by atoms with Crippen molar-refractivity contribution in [2.75, 3.05) is 0 Å². The maximum atomic E-state index is 5.26. The third kappa shape index (κ3) is 6.90. The smallest absolute Gasteiger partial charge is 0.162 e. The number of amidine groups is 1. The number of aliphatic imine (C=N–C) groups is 2. The number of hydrogen-bond donors (Lipinski definition) is 0. The number of benzene rings is 8. The highest BCUT2D eigenvalue weighted by atomic mass is 15.1. The molecule has 6 nitrogen and oxygen atoms in total. The van der Waals surface area contributed by atoms with E-state index in [4.69, 9.17) is 20.0 Å². The fraction of sp³-hybridized carbons (Fsp3) is 0.0175. The molecule has 63 heavy (non-hydrogen) atoms. The van der Waals surface area contributed by atoms with Crippen LogP contribution in [0.5, 0.6) is 0 Å². The largest absolute Gasteiger partial charge is 0.297 e. The average Bonchev–Trinajstić information content (AvgIpc) is 3.87. The quantitative estimate of drug-likeness (QED) is 0.119. The Morgan fingerprint density at radius 3 is 1.68 bits per heavy atom. The average molecular weight is 809 g/mol. The fourth-order valence-corrected chi connectivity index (χ4v) is 8.69. The third-order valence-corrected chi connectivity index (χ3v) is 11.7. The van der Waals surface area contributed by atoms with Crippen molar-refractivity contribution >= 4 is 61.0 Å². The van der Waals surface area contributed by atoms with E-state index in [1.807, 2.05) is 84.9 Å². The highest BCUT2D eigenvalue weighted by Crippen LogP contribution is 2.38. The van der Waals surface area contributed by atoms with Gasteiger partial charge in [0.2, 0.25) is 0 Å². The van der Waals surface area contributed by atoms with E-state index in [1.54, 1.807) is 0 Å². The maximum absolute atomic E-state index is 5.26. The van der Waals surface area contributed by atoms with E-state index in [9.17, 15) is 0 Å². The van der Waals surface area contributed by atoms with E-state index in [2.05, 4.69) is 150 Å². The monoisotopic (exact) mass is 808 g/mol. The van der Waals surface area contributed by atoms with Gasteiger partial charge in [-0.25, -0.2) is 20.0 Å². The zero-order chi connectivity index (χ0) is 42.3. The van der Waals surface area contributed by atoms with Gasteiger partial charge in [-0.05, 0) is 53.9 Å². The van der Waals surface area contributed by atoms with Crippen LogP contribution in [0.2, 0.25) is 0 Å². The van der Waals surface area contributed by atoms with Crippen molar-refractivity contribution in [3.63, 3.8) is 0 Å². The Morgan fingerprint density at radius 1 is 0.429 bits per heavy atom. The van der Waals surface area contributed by atoms with Gasteiger partial charge >= 0.3 is 0 Å². The highest BCUT2D eigenvalue weighted by Gasteiger charge is 2.19. The van der Waals surface area contributed by atoms with Gasteiger partial charge in [0, 0.05) is 44.3 Å². The Bertz CT molecular complexity index is 3510. The summed E-state index contributed by atoms with van der Waals surface area (Å²) >= 11 is 0. The van der Waals surface area contributed by atoms with Gasteiger partial charge in [0.1, 0.15) is 11.7 Å². The maximum Gasteiger partial charge on any atom is 0.162 e. The third-order valence-electron chi connectivity index (χ3n) is 11.7. The van der Waals surface area contributed by atoms with Gasteiger partial charge < -0.3 is 0 Å². The minimum atomic E-state index is 0.601. The lowest BCUT2D eigenvalue weighted by Gasteiger charge is -2.13. The first kappa shape index (κ1) is 37.5. The van der Waals surface area contributed by atoms with E-state index in [-0.39, 0.29) is 0 Å². The standard InChI is InChI=1S/C57H40N6/c1-38(40-19-7-3-8-20-40)58-56(42-23-11-5-12-24-42)59-39(2)62-51-29-17-16-28-47(51)49-35-44(32-34-53(49)62)45-31-33-48-46-27-15-18-30-52(46)63(54(48)36-45)55-37-50(41-21-9-4-10-22-41)60-57(61-55)43-25-13-6-14-26-43/h3-37H,1H2,2H3. The van der Waals surface area contributed by atoms with Crippen LogP contribution in [-0.2, 0) is 0 Å². The lowest BCUT2D eigenvalue weighted by molar-refractivity contribution is 1.05. The topological polar surface area (TPSA) is 60.4 Å². The Balaban J connectivity index is 1.06. The Morgan fingerprint density at radius 2 is 0.968 bits per heavy atom. The first-order valence-corrected chi connectivity index (χ1v) is 21.1. The van der Waals surface area contributed by atoms with Crippen molar-refractivity contribution in [2.24, 2.45) is 9.98 Å². The SMILES string of the molecule is C=C(N=C(N=C(C)n1c2ccccc2c2cc(-c3ccc4c5ccccc5n(-c5cc(-c6ccccc6)nc(-c6ccccc6)n5)c4c3)ccc21)c1ccccc1)c1ccccc1. The summed E-state index contributed by atoms with van der Waals surface area (Å²) in [5, 5.41) is 4.61. The Labute approximate surface area is 365 Å². The second-order valence-electron chi connectivity index (χ2n) is 15.6. The molecule has 0 fully saturated rings. The summed E-state index contributed by atoms with van der Waals surface area (Å²) in [6.45, 7) is 6.37. The van der Waals surface area contributed by atoms with Crippen molar-refractivity contribution in [3.05, 3.63) is 230 Å². The molecule has 6 heteroatoms. The van der Waals surface area contributed by atoms with Crippen LogP contribution in [0.1, 0.15) is 18.1 Å². The second kappa shape index (κ2) is 15.8. The molecule has 0 atom stereocenters. The molecular weight excluding hydrogens is 769 g/mol. The molecule has 0 saturated heterocycles. The molecule has 0 radical (unpaired) electrons. The molecule has 0 bridgehead atoms. The zero-order valence-electron chi connectivity index (χ0n) is 34.6. The lowest BCUT2D eigenvalue weighted by Crippen LogP contribution is -2.11. The predicted molar refractivity (Wildman–Crippen MR) is 263 cm³/mol. The van der Waals surface area contributed by atoms with Gasteiger partial charge in [-0.3, -0.25) is 9.13 Å². The summed E-state index contributed by atoms with van der Waals surface area (Å²) in [7, 11) is 0. The second-order valence-corrected chi connectivity index (χ2v) is 15.6. The summed E-state index contributed by atoms with van der Waals surface area (Å²) in [5.41, 5.74) is 11.9. The van der Waals surface area contributed by atoms with Crippen LogP contribution < -0.4 is 0 Å². The van der Waals surface area contributed by atoms with Crippen LogP contribution >= 0.6 is 0 Å². The molecule has 11 aromatic rings. The van der Waals surface area contributed by atoms with Crippen molar-refractivity contribution in [1.29, 1.82) is 0 Å². The summed E-state index contributed by atoms with van der Waals surface area (Å²) in [5.74, 6) is 2.89. The normalized spacial score (nSPS) is 12.1. The van der Waals surface area contributed by atoms with Crippen molar-refractivity contribution in [2.45, 2.75) is 6.92 Å². The van der Waals surface area contributed by atoms with Crippen molar-refractivity contribution in [1.82, 2.24) is 19.1 Å². The van der Waals surface area contributed by atoms with Gasteiger partial charge in [0.15, 0.2) is 11.7 Å². The predicted octanol–water partition coefficient (Wildman–Crippen LogP) is 14.1. The minimum Gasteiger partial charge on any atom is -0.297 e. The van der Waals surface area contributed by atoms with Gasteiger partial charge in [0.25, 0.3) is 0 Å². The molecule has 11 rings (SSSR count). The molecule has 298 valence electrons. The summed E-state index contributed by atoms with van der Waals surface area (Å²) in [4.78, 5) is 20.6. The van der Waals surface area contributed by atoms with E-state index in [0.717, 1.165) is 89.0 Å². The van der Waals surface area contributed by atoms with E-state index >= 15 is 0 Å². The van der Waals surface area contributed by atoms with Crippen LogP contribution in [0, 0.1) is 0 Å². The summed E-state index contributed by atoms with van der Waals surface area (Å²) in [6.07, 6.45) is 0.